The molecule has 2 unspecified atom stereocenters. The molecule has 21 heavy (non-hydrogen) atoms. The minimum atomic E-state index is -0.314. The standard InChI is InChI=1S/C16H23N5/c1-4-11-10-21(19)14-9-7-6-8-13(14)15(17)16(20(3)18)12(11)5-2/h4-9,15-16H,1-2,10,17-19H2,3H3/b12-11-. The van der Waals surface area contributed by atoms with E-state index in [1.807, 2.05) is 24.3 Å². The van der Waals surface area contributed by atoms with E-state index in [0.29, 0.717) is 6.54 Å². The summed E-state index contributed by atoms with van der Waals surface area (Å²) in [7, 11) is 1.80. The quantitative estimate of drug-likeness (QED) is 0.574. The van der Waals surface area contributed by atoms with Gasteiger partial charge in [0.2, 0.25) is 0 Å². The molecule has 6 N–H and O–H groups in total. The lowest BCUT2D eigenvalue weighted by Gasteiger charge is -2.37. The molecule has 0 spiro atoms. The van der Waals surface area contributed by atoms with Crippen molar-refractivity contribution < 1.29 is 0 Å². The fourth-order valence-electron chi connectivity index (χ4n) is 2.85. The molecule has 1 aliphatic heterocycles. The Morgan fingerprint density at radius 3 is 2.52 bits per heavy atom. The summed E-state index contributed by atoms with van der Waals surface area (Å²) in [5.74, 6) is 12.2. The number of fused-ring (bicyclic) bond motifs is 1. The van der Waals surface area contributed by atoms with Crippen molar-refractivity contribution in [3.63, 3.8) is 0 Å². The summed E-state index contributed by atoms with van der Waals surface area (Å²) in [6.45, 7) is 8.30. The van der Waals surface area contributed by atoms with Gasteiger partial charge in [-0.25, -0.2) is 10.9 Å². The summed E-state index contributed by atoms with van der Waals surface area (Å²) in [6, 6.07) is 7.34. The third-order valence-corrected chi connectivity index (χ3v) is 3.88. The van der Waals surface area contributed by atoms with E-state index in [4.69, 9.17) is 17.4 Å². The molecule has 2 atom stereocenters. The predicted molar refractivity (Wildman–Crippen MR) is 88.1 cm³/mol. The summed E-state index contributed by atoms with van der Waals surface area (Å²) in [6.07, 6.45) is 3.57. The minimum Gasteiger partial charge on any atom is -0.322 e. The average molecular weight is 285 g/mol. The van der Waals surface area contributed by atoms with Gasteiger partial charge in [0, 0.05) is 7.05 Å². The molecule has 0 aromatic heterocycles. The number of benzene rings is 1. The molecule has 0 saturated heterocycles. The fraction of sp³-hybridized carbons (Fsp3) is 0.250. The Balaban J connectivity index is 2.67. The van der Waals surface area contributed by atoms with Gasteiger partial charge in [-0.05, 0) is 22.8 Å². The molecule has 112 valence electrons. The normalized spacial score (nSPS) is 26.0. The summed E-state index contributed by atoms with van der Waals surface area (Å²) in [4.78, 5) is 0. The van der Waals surface area contributed by atoms with E-state index in [-0.39, 0.29) is 12.1 Å². The van der Waals surface area contributed by atoms with Crippen molar-refractivity contribution in [2.45, 2.75) is 12.1 Å². The van der Waals surface area contributed by atoms with Gasteiger partial charge in [0.25, 0.3) is 0 Å². The monoisotopic (exact) mass is 285 g/mol. The van der Waals surface area contributed by atoms with Crippen LogP contribution >= 0.6 is 0 Å². The van der Waals surface area contributed by atoms with Gasteiger partial charge in [-0.1, -0.05) is 43.5 Å². The summed E-state index contributed by atoms with van der Waals surface area (Å²) in [5.41, 5.74) is 10.3. The number of para-hydroxylation sites is 1. The van der Waals surface area contributed by atoms with Crippen molar-refractivity contribution in [1.82, 2.24) is 5.01 Å². The highest BCUT2D eigenvalue weighted by Gasteiger charge is 2.30. The Kier molecular flexibility index (Phi) is 4.59. The van der Waals surface area contributed by atoms with Crippen LogP contribution in [-0.4, -0.2) is 24.6 Å². The van der Waals surface area contributed by atoms with E-state index in [2.05, 4.69) is 13.2 Å². The Bertz CT molecular complexity index is 576. The first kappa shape index (κ1) is 15.5. The van der Waals surface area contributed by atoms with Crippen LogP contribution in [0.2, 0.25) is 0 Å². The molecule has 0 amide bonds. The number of hydrogen-bond donors (Lipinski definition) is 3. The molecule has 0 aliphatic carbocycles. The number of likely N-dealkylation sites (N-methyl/N-ethyl adjacent to an activating group) is 1. The van der Waals surface area contributed by atoms with Crippen molar-refractivity contribution in [3.8, 4) is 0 Å². The maximum absolute atomic E-state index is 6.49. The maximum Gasteiger partial charge on any atom is 0.0684 e. The molecule has 2 rings (SSSR count). The topological polar surface area (TPSA) is 84.5 Å². The molecule has 5 nitrogen and oxygen atoms in total. The molecule has 1 aliphatic rings. The van der Waals surface area contributed by atoms with E-state index >= 15 is 0 Å². The zero-order valence-corrected chi connectivity index (χ0v) is 12.4. The van der Waals surface area contributed by atoms with Crippen molar-refractivity contribution in [2.24, 2.45) is 17.4 Å². The highest BCUT2D eigenvalue weighted by molar-refractivity contribution is 5.58. The van der Waals surface area contributed by atoms with Crippen molar-refractivity contribution in [3.05, 3.63) is 66.3 Å². The van der Waals surface area contributed by atoms with Crippen LogP contribution in [0, 0.1) is 0 Å². The molecule has 1 aromatic rings. The van der Waals surface area contributed by atoms with E-state index in [9.17, 15) is 0 Å². The summed E-state index contributed by atoms with van der Waals surface area (Å²) < 4.78 is 0. The van der Waals surface area contributed by atoms with Gasteiger partial charge >= 0.3 is 0 Å². The Hall–Kier alpha value is -1.92. The number of anilines is 1. The van der Waals surface area contributed by atoms with Gasteiger partial charge in [0.05, 0.1) is 24.3 Å². The highest BCUT2D eigenvalue weighted by atomic mass is 15.4. The first-order valence-corrected chi connectivity index (χ1v) is 6.83. The zero-order chi connectivity index (χ0) is 15.6. The Labute approximate surface area is 125 Å². The Morgan fingerprint density at radius 2 is 1.95 bits per heavy atom. The molecule has 5 heteroatoms. The van der Waals surface area contributed by atoms with E-state index in [1.165, 1.54) is 0 Å². The second kappa shape index (κ2) is 6.24. The highest BCUT2D eigenvalue weighted by Crippen LogP contribution is 2.33. The van der Waals surface area contributed by atoms with Gasteiger partial charge in [-0.3, -0.25) is 5.84 Å². The SMILES string of the molecule is C=C/C1=C(\C=C)C(N(C)N)C(N)c2ccccc2N(N)C1. The average Bonchev–Trinajstić information content (AvgIpc) is 2.48. The maximum atomic E-state index is 6.49. The number of hydrogen-bond acceptors (Lipinski definition) is 5. The largest absolute Gasteiger partial charge is 0.322 e. The molecular weight excluding hydrogens is 262 g/mol. The lowest BCUT2D eigenvalue weighted by atomic mass is 9.87. The smallest absolute Gasteiger partial charge is 0.0684 e. The third-order valence-electron chi connectivity index (χ3n) is 3.88. The van der Waals surface area contributed by atoms with E-state index in [1.54, 1.807) is 29.2 Å². The van der Waals surface area contributed by atoms with Gasteiger partial charge in [0.15, 0.2) is 0 Å². The Morgan fingerprint density at radius 1 is 1.29 bits per heavy atom. The van der Waals surface area contributed by atoms with E-state index < -0.39 is 0 Å². The molecule has 1 heterocycles. The number of nitrogens with zero attached hydrogens (tertiary/aromatic N) is 2. The van der Waals surface area contributed by atoms with Crippen LogP contribution in [0.15, 0.2) is 60.7 Å². The molecule has 0 bridgehead atoms. The predicted octanol–water partition coefficient (Wildman–Crippen LogP) is 1.22. The van der Waals surface area contributed by atoms with Crippen molar-refractivity contribution >= 4 is 5.69 Å². The molecule has 0 saturated carbocycles. The first-order valence-electron chi connectivity index (χ1n) is 6.83. The minimum absolute atomic E-state index is 0.189. The zero-order valence-electron chi connectivity index (χ0n) is 12.4. The van der Waals surface area contributed by atoms with Crippen molar-refractivity contribution in [2.75, 3.05) is 18.6 Å². The van der Waals surface area contributed by atoms with Crippen LogP contribution in [0.1, 0.15) is 11.6 Å². The summed E-state index contributed by atoms with van der Waals surface area (Å²) >= 11 is 0. The fourth-order valence-corrected chi connectivity index (χ4v) is 2.85. The lowest BCUT2D eigenvalue weighted by molar-refractivity contribution is 0.249. The van der Waals surface area contributed by atoms with Gasteiger partial charge in [-0.15, -0.1) is 0 Å². The number of nitrogens with two attached hydrogens (primary N) is 3. The van der Waals surface area contributed by atoms with Gasteiger partial charge < -0.3 is 10.7 Å². The van der Waals surface area contributed by atoms with Gasteiger partial charge in [-0.2, -0.15) is 0 Å². The summed E-state index contributed by atoms with van der Waals surface area (Å²) in [5, 5.41) is 3.30. The van der Waals surface area contributed by atoms with Crippen LogP contribution in [0.25, 0.3) is 0 Å². The lowest BCUT2D eigenvalue weighted by Crippen LogP contribution is -2.48. The number of rotatable bonds is 3. The molecule has 0 fully saturated rings. The van der Waals surface area contributed by atoms with Crippen LogP contribution in [0.5, 0.6) is 0 Å². The van der Waals surface area contributed by atoms with Crippen LogP contribution in [0.4, 0.5) is 5.69 Å². The van der Waals surface area contributed by atoms with Crippen LogP contribution in [-0.2, 0) is 0 Å². The van der Waals surface area contributed by atoms with Crippen LogP contribution in [0.3, 0.4) is 0 Å². The second-order valence-electron chi connectivity index (χ2n) is 5.21. The molecular formula is C16H23N5. The van der Waals surface area contributed by atoms with Gasteiger partial charge in [0.1, 0.15) is 0 Å². The third kappa shape index (κ3) is 2.77. The molecule has 0 radical (unpaired) electrons. The van der Waals surface area contributed by atoms with Crippen molar-refractivity contribution in [1.29, 1.82) is 0 Å². The number of hydrazine groups is 2. The second-order valence-corrected chi connectivity index (χ2v) is 5.21. The molecule has 1 aromatic carbocycles. The first-order chi connectivity index (χ1) is 10.0. The van der Waals surface area contributed by atoms with Crippen LogP contribution < -0.4 is 22.4 Å². The van der Waals surface area contributed by atoms with E-state index in [0.717, 1.165) is 22.4 Å².